The first-order valence-electron chi connectivity index (χ1n) is 6.76. The summed E-state index contributed by atoms with van der Waals surface area (Å²) in [4.78, 5) is 20.6. The molecule has 0 amide bonds. The summed E-state index contributed by atoms with van der Waals surface area (Å²) in [6, 6.07) is 6.98. The SMILES string of the molecule is CSc1ncc2cc(S(=O)(=O)c3ccc(Cl)cc3)c(=O)n(C)c2n1. The first-order chi connectivity index (χ1) is 11.3. The second-order valence-electron chi connectivity index (χ2n) is 4.97. The highest BCUT2D eigenvalue weighted by molar-refractivity contribution is 7.98. The second kappa shape index (κ2) is 6.19. The molecule has 0 radical (unpaired) electrons. The van der Waals surface area contributed by atoms with Crippen LogP contribution in [0, 0.1) is 0 Å². The number of benzene rings is 1. The molecule has 0 saturated carbocycles. The highest BCUT2D eigenvalue weighted by atomic mass is 35.5. The van der Waals surface area contributed by atoms with Gasteiger partial charge in [-0.25, -0.2) is 18.4 Å². The van der Waals surface area contributed by atoms with Gasteiger partial charge >= 0.3 is 0 Å². The molecule has 24 heavy (non-hydrogen) atoms. The first kappa shape index (κ1) is 16.9. The molecule has 2 aromatic heterocycles. The van der Waals surface area contributed by atoms with Gasteiger partial charge < -0.3 is 0 Å². The average Bonchev–Trinajstić information content (AvgIpc) is 2.58. The van der Waals surface area contributed by atoms with E-state index in [9.17, 15) is 13.2 Å². The van der Waals surface area contributed by atoms with Crippen LogP contribution in [0.1, 0.15) is 0 Å². The van der Waals surface area contributed by atoms with E-state index in [0.29, 0.717) is 21.2 Å². The van der Waals surface area contributed by atoms with Crippen molar-refractivity contribution in [3.05, 3.63) is 51.9 Å². The van der Waals surface area contributed by atoms with Crippen molar-refractivity contribution in [3.63, 3.8) is 0 Å². The molecule has 0 bridgehead atoms. The van der Waals surface area contributed by atoms with Gasteiger partial charge in [-0.2, -0.15) is 0 Å². The van der Waals surface area contributed by atoms with E-state index in [4.69, 9.17) is 11.6 Å². The second-order valence-corrected chi connectivity index (χ2v) is 8.09. The molecule has 2 heterocycles. The molecule has 0 aliphatic rings. The van der Waals surface area contributed by atoms with Crippen LogP contribution < -0.4 is 5.56 Å². The molecule has 1 aromatic carbocycles. The number of fused-ring (bicyclic) bond motifs is 1. The zero-order chi connectivity index (χ0) is 17.5. The van der Waals surface area contributed by atoms with Gasteiger partial charge in [-0.1, -0.05) is 23.4 Å². The van der Waals surface area contributed by atoms with E-state index in [1.165, 1.54) is 59.9 Å². The number of thioether (sulfide) groups is 1. The van der Waals surface area contributed by atoms with E-state index in [1.54, 1.807) is 0 Å². The maximum Gasteiger partial charge on any atom is 0.271 e. The predicted octanol–water partition coefficient (Wildman–Crippen LogP) is 2.54. The van der Waals surface area contributed by atoms with Crippen molar-refractivity contribution >= 4 is 44.2 Å². The number of pyridine rings is 1. The fourth-order valence-electron chi connectivity index (χ4n) is 2.23. The molecule has 0 spiro atoms. The average molecular weight is 382 g/mol. The lowest BCUT2D eigenvalue weighted by Gasteiger charge is -2.09. The van der Waals surface area contributed by atoms with E-state index in [-0.39, 0.29) is 9.79 Å². The third-order valence-electron chi connectivity index (χ3n) is 3.49. The minimum absolute atomic E-state index is 0.00463. The van der Waals surface area contributed by atoms with Crippen LogP contribution in [-0.2, 0) is 16.9 Å². The van der Waals surface area contributed by atoms with Crippen LogP contribution in [0.2, 0.25) is 5.02 Å². The molecule has 0 aliphatic heterocycles. The van der Waals surface area contributed by atoms with Gasteiger partial charge in [0, 0.05) is 23.7 Å². The van der Waals surface area contributed by atoms with E-state index in [1.807, 2.05) is 6.26 Å². The maximum absolute atomic E-state index is 12.8. The molecule has 0 saturated heterocycles. The van der Waals surface area contributed by atoms with Crippen molar-refractivity contribution in [1.82, 2.24) is 14.5 Å². The summed E-state index contributed by atoms with van der Waals surface area (Å²) in [6.45, 7) is 0. The molecule has 6 nitrogen and oxygen atoms in total. The topological polar surface area (TPSA) is 81.9 Å². The fraction of sp³-hybridized carbons (Fsp3) is 0.133. The van der Waals surface area contributed by atoms with Gasteiger partial charge in [0.15, 0.2) is 5.16 Å². The van der Waals surface area contributed by atoms with Crippen molar-refractivity contribution in [2.75, 3.05) is 6.26 Å². The molecule has 0 unspecified atom stereocenters. The highest BCUT2D eigenvalue weighted by Gasteiger charge is 2.23. The monoisotopic (exact) mass is 381 g/mol. The highest BCUT2D eigenvalue weighted by Crippen LogP contribution is 2.23. The van der Waals surface area contributed by atoms with Gasteiger partial charge in [0.1, 0.15) is 10.5 Å². The lowest BCUT2D eigenvalue weighted by molar-refractivity contribution is 0.593. The van der Waals surface area contributed by atoms with Gasteiger partial charge in [-0.05, 0) is 36.6 Å². The largest absolute Gasteiger partial charge is 0.295 e. The van der Waals surface area contributed by atoms with Crippen LogP contribution in [-0.4, -0.2) is 29.2 Å². The number of sulfone groups is 1. The van der Waals surface area contributed by atoms with Gasteiger partial charge in [0.05, 0.1) is 4.90 Å². The van der Waals surface area contributed by atoms with Crippen LogP contribution >= 0.6 is 23.4 Å². The molecule has 0 atom stereocenters. The Morgan fingerprint density at radius 1 is 1.21 bits per heavy atom. The Bertz CT molecular complexity index is 1090. The Kier molecular flexibility index (Phi) is 4.37. The summed E-state index contributed by atoms with van der Waals surface area (Å²) in [7, 11) is -2.48. The summed E-state index contributed by atoms with van der Waals surface area (Å²) < 4.78 is 26.8. The van der Waals surface area contributed by atoms with Crippen LogP contribution in [0.15, 0.2) is 56.3 Å². The van der Waals surface area contributed by atoms with E-state index in [2.05, 4.69) is 9.97 Å². The summed E-state index contributed by atoms with van der Waals surface area (Å²) in [6.07, 6.45) is 3.33. The summed E-state index contributed by atoms with van der Waals surface area (Å²) >= 11 is 7.13. The van der Waals surface area contributed by atoms with Gasteiger partial charge in [-0.3, -0.25) is 9.36 Å². The normalized spacial score (nSPS) is 11.8. The van der Waals surface area contributed by atoms with Crippen LogP contribution in [0.3, 0.4) is 0 Å². The van der Waals surface area contributed by atoms with E-state index in [0.717, 1.165) is 0 Å². The van der Waals surface area contributed by atoms with Crippen molar-refractivity contribution in [2.45, 2.75) is 14.9 Å². The molecule has 0 N–H and O–H groups in total. The Balaban J connectivity index is 2.28. The predicted molar refractivity (Wildman–Crippen MR) is 93.5 cm³/mol. The van der Waals surface area contributed by atoms with Crippen LogP contribution in [0.4, 0.5) is 0 Å². The minimum atomic E-state index is -3.97. The van der Waals surface area contributed by atoms with Gasteiger partial charge in [-0.15, -0.1) is 0 Å². The quantitative estimate of drug-likeness (QED) is 0.512. The molecule has 9 heteroatoms. The van der Waals surface area contributed by atoms with Gasteiger partial charge in [0.25, 0.3) is 5.56 Å². The lowest BCUT2D eigenvalue weighted by atomic mass is 10.3. The minimum Gasteiger partial charge on any atom is -0.295 e. The smallest absolute Gasteiger partial charge is 0.271 e. The summed E-state index contributed by atoms with van der Waals surface area (Å²) in [5.74, 6) is 0. The van der Waals surface area contributed by atoms with Crippen LogP contribution in [0.5, 0.6) is 0 Å². The molecular weight excluding hydrogens is 370 g/mol. The molecule has 0 fully saturated rings. The third kappa shape index (κ3) is 2.81. The Hall–Kier alpha value is -1.90. The lowest BCUT2D eigenvalue weighted by Crippen LogP contribution is -2.25. The van der Waals surface area contributed by atoms with Crippen molar-refractivity contribution < 1.29 is 8.42 Å². The number of aryl methyl sites for hydroxylation is 1. The fourth-order valence-corrected chi connectivity index (χ4v) is 4.09. The van der Waals surface area contributed by atoms with E-state index < -0.39 is 15.4 Å². The molecule has 3 aromatic rings. The first-order valence-corrected chi connectivity index (χ1v) is 9.84. The third-order valence-corrected chi connectivity index (χ3v) is 6.07. The Labute approximate surface area is 147 Å². The number of halogens is 1. The zero-order valence-electron chi connectivity index (χ0n) is 12.7. The number of rotatable bonds is 3. The number of aromatic nitrogens is 3. The standard InChI is InChI=1S/C15H12ClN3O3S2/c1-19-13-9(8-17-15(18-13)23-2)7-12(14(19)20)24(21,22)11-5-3-10(16)4-6-11/h3-8H,1-2H3. The molecule has 124 valence electrons. The summed E-state index contributed by atoms with van der Waals surface area (Å²) in [5.41, 5.74) is -0.252. The molecular formula is C15H12ClN3O3S2. The molecule has 3 rings (SSSR count). The van der Waals surface area contributed by atoms with Crippen molar-refractivity contribution in [1.29, 1.82) is 0 Å². The zero-order valence-corrected chi connectivity index (χ0v) is 15.1. The number of hydrogen-bond acceptors (Lipinski definition) is 6. The summed E-state index contributed by atoms with van der Waals surface area (Å²) in [5, 5.41) is 1.40. The van der Waals surface area contributed by atoms with Crippen molar-refractivity contribution in [2.24, 2.45) is 7.05 Å². The van der Waals surface area contributed by atoms with E-state index >= 15 is 0 Å². The Morgan fingerprint density at radius 3 is 2.50 bits per heavy atom. The number of nitrogens with zero attached hydrogens (tertiary/aromatic N) is 3. The van der Waals surface area contributed by atoms with Crippen LogP contribution in [0.25, 0.3) is 11.0 Å². The maximum atomic E-state index is 12.8. The Morgan fingerprint density at radius 2 is 1.88 bits per heavy atom. The number of hydrogen-bond donors (Lipinski definition) is 0. The molecule has 0 aliphatic carbocycles. The van der Waals surface area contributed by atoms with Gasteiger partial charge in [0.2, 0.25) is 9.84 Å². The van der Waals surface area contributed by atoms with Crippen molar-refractivity contribution in [3.8, 4) is 0 Å².